The number of rotatable bonds is 7. The van der Waals surface area contributed by atoms with E-state index < -0.39 is 0 Å². The number of carbonyl (C=O) groups excluding carboxylic acids is 2. The molecule has 2 aromatic heterocycles. The number of Topliss-reactive ketones (excluding diaryl/α,β-unsaturated/α-hetero) is 1. The predicted molar refractivity (Wildman–Crippen MR) is 123 cm³/mol. The maximum atomic E-state index is 12.4. The summed E-state index contributed by atoms with van der Waals surface area (Å²) in [5.74, 6) is 1.16. The smallest absolute Gasteiger partial charge is 0.234 e. The fourth-order valence-electron chi connectivity index (χ4n) is 2.97. The summed E-state index contributed by atoms with van der Waals surface area (Å²) in [6.45, 7) is 1.49. The van der Waals surface area contributed by atoms with Crippen molar-refractivity contribution < 1.29 is 14.3 Å². The van der Waals surface area contributed by atoms with Crippen molar-refractivity contribution in [3.05, 3.63) is 66.6 Å². The van der Waals surface area contributed by atoms with Crippen LogP contribution < -0.4 is 10.1 Å². The molecule has 8 nitrogen and oxygen atoms in total. The fraction of sp³-hybridized carbons (Fsp3) is 0.130. The predicted octanol–water partition coefficient (Wildman–Crippen LogP) is 4.03. The van der Waals surface area contributed by atoms with Gasteiger partial charge in [0.1, 0.15) is 17.1 Å². The number of anilines is 1. The van der Waals surface area contributed by atoms with E-state index in [0.29, 0.717) is 33.1 Å². The first kappa shape index (κ1) is 21.4. The lowest BCUT2D eigenvalue weighted by atomic mass is 10.1. The largest absolute Gasteiger partial charge is 0.497 e. The van der Waals surface area contributed by atoms with Gasteiger partial charge in [0.2, 0.25) is 5.91 Å². The number of amides is 1. The maximum Gasteiger partial charge on any atom is 0.234 e. The van der Waals surface area contributed by atoms with E-state index in [4.69, 9.17) is 4.74 Å². The van der Waals surface area contributed by atoms with Crippen molar-refractivity contribution in [1.29, 1.82) is 0 Å². The number of aromatic nitrogens is 4. The van der Waals surface area contributed by atoms with Crippen LogP contribution in [-0.2, 0) is 4.79 Å². The molecule has 4 rings (SSSR count). The van der Waals surface area contributed by atoms with Gasteiger partial charge < -0.3 is 10.1 Å². The van der Waals surface area contributed by atoms with Crippen LogP contribution in [0.15, 0.2) is 66.1 Å². The molecule has 2 aromatic carbocycles. The van der Waals surface area contributed by atoms with E-state index in [1.165, 1.54) is 25.0 Å². The second-order valence-electron chi connectivity index (χ2n) is 6.81. The van der Waals surface area contributed by atoms with E-state index in [1.807, 2.05) is 24.3 Å². The Morgan fingerprint density at radius 3 is 2.62 bits per heavy atom. The molecule has 0 bridgehead atoms. The molecule has 0 fully saturated rings. The fourth-order valence-corrected chi connectivity index (χ4v) is 3.73. The standard InChI is InChI=1S/C23H19N5O3S/c1-14(29)16-4-3-5-17(10-16)27-20(30)12-32-23-19-11-24-21(28-22(19)25-13-26-23)15-6-8-18(31-2)9-7-15/h3-11,13H,12H2,1-2H3,(H,27,30). The molecule has 32 heavy (non-hydrogen) atoms. The summed E-state index contributed by atoms with van der Waals surface area (Å²) in [4.78, 5) is 41.4. The first-order chi connectivity index (χ1) is 15.5. The lowest BCUT2D eigenvalue weighted by molar-refractivity contribution is -0.113. The molecule has 1 amide bonds. The van der Waals surface area contributed by atoms with Gasteiger partial charge in [-0.1, -0.05) is 23.9 Å². The molecule has 2 heterocycles. The highest BCUT2D eigenvalue weighted by atomic mass is 32.2. The summed E-state index contributed by atoms with van der Waals surface area (Å²) in [5, 5.41) is 4.08. The Bertz CT molecular complexity index is 1290. The van der Waals surface area contributed by atoms with Gasteiger partial charge in [-0.2, -0.15) is 0 Å². The molecule has 0 saturated heterocycles. The second kappa shape index (κ2) is 9.52. The van der Waals surface area contributed by atoms with Crippen LogP contribution in [0.5, 0.6) is 5.75 Å². The minimum Gasteiger partial charge on any atom is -0.497 e. The molecule has 0 saturated carbocycles. The topological polar surface area (TPSA) is 107 Å². The molecule has 4 aromatic rings. The summed E-state index contributed by atoms with van der Waals surface area (Å²) in [5.41, 5.74) is 2.45. The zero-order valence-corrected chi connectivity index (χ0v) is 18.2. The summed E-state index contributed by atoms with van der Waals surface area (Å²) in [6, 6.07) is 14.3. The number of nitrogens with one attached hydrogen (secondary N) is 1. The Balaban J connectivity index is 1.47. The quantitative estimate of drug-likeness (QED) is 0.258. The third-order valence-electron chi connectivity index (χ3n) is 4.60. The van der Waals surface area contributed by atoms with Crippen LogP contribution >= 0.6 is 11.8 Å². The number of hydrogen-bond acceptors (Lipinski definition) is 8. The molecule has 0 unspecified atom stereocenters. The Hall–Kier alpha value is -3.85. The molecule has 0 radical (unpaired) electrons. The third-order valence-corrected chi connectivity index (χ3v) is 5.60. The number of thioether (sulfide) groups is 1. The van der Waals surface area contributed by atoms with Crippen molar-refractivity contribution in [1.82, 2.24) is 19.9 Å². The number of ether oxygens (including phenoxy) is 1. The molecule has 160 valence electrons. The molecule has 9 heteroatoms. The first-order valence-corrected chi connectivity index (χ1v) is 10.7. The van der Waals surface area contributed by atoms with Gasteiger partial charge >= 0.3 is 0 Å². The van der Waals surface area contributed by atoms with Gasteiger partial charge in [-0.15, -0.1) is 0 Å². The highest BCUT2D eigenvalue weighted by molar-refractivity contribution is 8.00. The lowest BCUT2D eigenvalue weighted by Gasteiger charge is -2.08. The molecule has 0 aliphatic heterocycles. The molecule has 0 atom stereocenters. The Morgan fingerprint density at radius 1 is 1.06 bits per heavy atom. The minimum atomic E-state index is -0.210. The van der Waals surface area contributed by atoms with E-state index in [2.05, 4.69) is 25.3 Å². The summed E-state index contributed by atoms with van der Waals surface area (Å²) in [6.07, 6.45) is 3.09. The highest BCUT2D eigenvalue weighted by Gasteiger charge is 2.12. The molecular weight excluding hydrogens is 426 g/mol. The van der Waals surface area contributed by atoms with E-state index in [-0.39, 0.29) is 17.4 Å². The van der Waals surface area contributed by atoms with E-state index in [0.717, 1.165) is 11.3 Å². The summed E-state index contributed by atoms with van der Waals surface area (Å²) >= 11 is 1.27. The zero-order valence-electron chi connectivity index (χ0n) is 17.4. The summed E-state index contributed by atoms with van der Waals surface area (Å²) in [7, 11) is 1.61. The van der Waals surface area contributed by atoms with Crippen molar-refractivity contribution in [3.63, 3.8) is 0 Å². The number of ketones is 1. The van der Waals surface area contributed by atoms with Crippen LogP contribution in [0.25, 0.3) is 22.4 Å². The monoisotopic (exact) mass is 445 g/mol. The lowest BCUT2D eigenvalue weighted by Crippen LogP contribution is -2.14. The van der Waals surface area contributed by atoms with Crippen molar-refractivity contribution in [3.8, 4) is 17.1 Å². The average Bonchev–Trinajstić information content (AvgIpc) is 2.82. The Kier molecular flexibility index (Phi) is 6.37. The van der Waals surface area contributed by atoms with Gasteiger partial charge in [-0.25, -0.2) is 19.9 Å². The number of hydrogen-bond donors (Lipinski definition) is 1. The van der Waals surface area contributed by atoms with Crippen LogP contribution in [-0.4, -0.2) is 44.5 Å². The van der Waals surface area contributed by atoms with Crippen LogP contribution in [0.4, 0.5) is 5.69 Å². The average molecular weight is 446 g/mol. The van der Waals surface area contributed by atoms with Crippen LogP contribution in [0.1, 0.15) is 17.3 Å². The minimum absolute atomic E-state index is 0.0584. The first-order valence-electron chi connectivity index (χ1n) is 9.69. The SMILES string of the molecule is COc1ccc(-c2ncc3c(SCC(=O)Nc4cccc(C(C)=O)c4)ncnc3n2)cc1. The van der Waals surface area contributed by atoms with E-state index in [9.17, 15) is 9.59 Å². The highest BCUT2D eigenvalue weighted by Crippen LogP contribution is 2.26. The maximum absolute atomic E-state index is 12.4. The van der Waals surface area contributed by atoms with Crippen molar-refractivity contribution in [2.45, 2.75) is 11.9 Å². The van der Waals surface area contributed by atoms with Crippen molar-refractivity contribution in [2.75, 3.05) is 18.2 Å². The molecular formula is C23H19N5O3S. The third kappa shape index (κ3) is 4.89. The number of nitrogens with zero attached hydrogens (tertiary/aromatic N) is 4. The van der Waals surface area contributed by atoms with Crippen molar-refractivity contribution in [2.24, 2.45) is 0 Å². The number of methoxy groups -OCH3 is 1. The zero-order chi connectivity index (χ0) is 22.5. The molecule has 1 N–H and O–H groups in total. The number of fused-ring (bicyclic) bond motifs is 1. The van der Waals surface area contributed by atoms with Gasteiger partial charge in [0, 0.05) is 23.0 Å². The van der Waals surface area contributed by atoms with Gasteiger partial charge in [0.05, 0.1) is 18.2 Å². The Morgan fingerprint density at radius 2 is 1.88 bits per heavy atom. The molecule has 0 spiro atoms. The van der Waals surface area contributed by atoms with E-state index >= 15 is 0 Å². The van der Waals surface area contributed by atoms with E-state index in [1.54, 1.807) is 37.6 Å². The van der Waals surface area contributed by atoms with Gasteiger partial charge in [-0.05, 0) is 43.3 Å². The second-order valence-corrected chi connectivity index (χ2v) is 7.78. The van der Waals surface area contributed by atoms with Crippen molar-refractivity contribution >= 4 is 40.2 Å². The van der Waals surface area contributed by atoms with Gasteiger partial charge in [0.15, 0.2) is 17.3 Å². The Labute approximate surface area is 188 Å². The number of benzene rings is 2. The van der Waals surface area contributed by atoms with Gasteiger partial charge in [0.25, 0.3) is 0 Å². The van der Waals surface area contributed by atoms with Crippen LogP contribution in [0.3, 0.4) is 0 Å². The normalized spacial score (nSPS) is 10.7. The van der Waals surface area contributed by atoms with Gasteiger partial charge in [-0.3, -0.25) is 9.59 Å². The molecule has 0 aliphatic rings. The summed E-state index contributed by atoms with van der Waals surface area (Å²) < 4.78 is 5.18. The number of carbonyl (C=O) groups is 2. The van der Waals surface area contributed by atoms with Crippen LogP contribution in [0, 0.1) is 0 Å². The van der Waals surface area contributed by atoms with Crippen LogP contribution in [0.2, 0.25) is 0 Å². The molecule has 0 aliphatic carbocycles.